The van der Waals surface area contributed by atoms with Crippen molar-refractivity contribution in [1.29, 1.82) is 0 Å². The number of hydrogen-bond acceptors (Lipinski definition) is 6. The van der Waals surface area contributed by atoms with Crippen molar-refractivity contribution >= 4 is 25.1 Å². The molecule has 0 aromatic heterocycles. The molecule has 0 aromatic carbocycles. The predicted octanol–water partition coefficient (Wildman–Crippen LogP) is -3.59. The van der Waals surface area contributed by atoms with Crippen LogP contribution in [-0.2, 0) is 9.59 Å². The Hall–Kier alpha value is 0.150. The molecule has 0 aliphatic heterocycles. The van der Waals surface area contributed by atoms with Gasteiger partial charge in [0.15, 0.2) is 12.3 Å². The van der Waals surface area contributed by atoms with Crippen molar-refractivity contribution in [2.45, 2.75) is 0 Å². The molecule has 5 nitrogen and oxygen atoms in total. The molecule has 0 bridgehead atoms. The normalized spacial score (nSPS) is 4.91. The van der Waals surface area contributed by atoms with Crippen molar-refractivity contribution in [3.05, 3.63) is 12.7 Å². The number of carbonyl (C=O) groups excluding carboxylic acids is 2. The average Bonchev–Trinajstić information content (AvgIpc) is 1.94. The number of carboxylic acid groups (broad SMARTS) is 1. The van der Waals surface area contributed by atoms with Crippen molar-refractivity contribution in [1.82, 2.24) is 0 Å². The molecular weight excluding hydrogens is 183 g/mol. The van der Waals surface area contributed by atoms with Crippen LogP contribution >= 0.6 is 12.3 Å². The molecule has 0 aliphatic rings. The van der Waals surface area contributed by atoms with Crippen molar-refractivity contribution in [2.24, 2.45) is 0 Å². The first-order valence-electron chi connectivity index (χ1n) is 1.76. The molecule has 60 valence electrons. The molecule has 0 fully saturated rings. The second kappa shape index (κ2) is 32.0. The second-order valence-corrected chi connectivity index (χ2v) is 0.768. The molecular formula is C4H7NaO5S. The number of carbonyl (C=O) groups is 2. The van der Waals surface area contributed by atoms with Crippen molar-refractivity contribution < 1.29 is 53.4 Å². The van der Waals surface area contributed by atoms with Crippen LogP contribution in [0.1, 0.15) is 0 Å². The van der Waals surface area contributed by atoms with Crippen molar-refractivity contribution in [3.8, 4) is 0 Å². The number of aliphatic carboxylic acids is 1. The summed E-state index contributed by atoms with van der Waals surface area (Å²) in [6.07, 6.45) is 0.722. The zero-order valence-electron chi connectivity index (χ0n) is 6.02. The van der Waals surface area contributed by atoms with Gasteiger partial charge in [0.05, 0.1) is 5.97 Å². The average molecular weight is 190 g/mol. The van der Waals surface area contributed by atoms with E-state index in [2.05, 4.69) is 6.58 Å². The molecule has 0 heterocycles. The first kappa shape index (κ1) is 22.5. The van der Waals surface area contributed by atoms with E-state index in [0.717, 1.165) is 6.08 Å². The second-order valence-electron chi connectivity index (χ2n) is 0.605. The Labute approximate surface area is 90.8 Å². The number of hydrogen-bond donors (Lipinski definition) is 2. The summed E-state index contributed by atoms with van der Waals surface area (Å²) in [7, 11) is 0. The summed E-state index contributed by atoms with van der Waals surface area (Å²) in [4.78, 5) is 17.1. The van der Waals surface area contributed by atoms with E-state index >= 15 is 0 Å². The smallest absolute Gasteiger partial charge is 0.545 e. The standard InChI is InChI=1S/C3H4O2.CH2O.Na.H2O2S/c1-2-3(4)5;1-2;;1-3-2/h2H,1H2,(H,4,5);1H2;;1-2H/q;;+1;/p-1. The van der Waals surface area contributed by atoms with E-state index < -0.39 is 5.97 Å². The fourth-order valence-electron chi connectivity index (χ4n) is 0. The molecule has 0 saturated carbocycles. The summed E-state index contributed by atoms with van der Waals surface area (Å²) >= 11 is -0.250. The predicted molar refractivity (Wildman–Crippen MR) is 35.2 cm³/mol. The first-order valence-corrected chi connectivity index (χ1v) is 2.49. The number of carboxylic acids is 1. The Morgan fingerprint density at radius 2 is 1.55 bits per heavy atom. The van der Waals surface area contributed by atoms with Gasteiger partial charge in [0, 0.05) is 0 Å². The van der Waals surface area contributed by atoms with Gasteiger partial charge in [0.25, 0.3) is 0 Å². The zero-order chi connectivity index (χ0) is 8.99. The SMILES string of the molecule is C=CC(=O)[O-].C=O.OSO.[Na+]. The van der Waals surface area contributed by atoms with E-state index in [1.54, 1.807) is 0 Å². The van der Waals surface area contributed by atoms with Crippen molar-refractivity contribution in [2.75, 3.05) is 0 Å². The van der Waals surface area contributed by atoms with Crippen molar-refractivity contribution in [3.63, 3.8) is 0 Å². The van der Waals surface area contributed by atoms with Gasteiger partial charge in [0.2, 0.25) is 0 Å². The molecule has 11 heavy (non-hydrogen) atoms. The summed E-state index contributed by atoms with van der Waals surface area (Å²) in [5.74, 6) is -1.23. The summed E-state index contributed by atoms with van der Waals surface area (Å²) in [5, 5.41) is 9.14. The Morgan fingerprint density at radius 3 is 1.55 bits per heavy atom. The van der Waals surface area contributed by atoms with E-state index in [1.807, 2.05) is 6.79 Å². The molecule has 0 saturated heterocycles. The third kappa shape index (κ3) is 146. The van der Waals surface area contributed by atoms with E-state index in [-0.39, 0.29) is 41.9 Å². The van der Waals surface area contributed by atoms with Crippen LogP contribution in [0.25, 0.3) is 0 Å². The van der Waals surface area contributed by atoms with Gasteiger partial charge < -0.3 is 23.8 Å². The third-order valence-corrected chi connectivity index (χ3v) is 0.167. The Morgan fingerprint density at radius 1 is 1.45 bits per heavy atom. The van der Waals surface area contributed by atoms with Gasteiger partial charge in [-0.1, -0.05) is 6.58 Å². The van der Waals surface area contributed by atoms with Gasteiger partial charge in [-0.2, -0.15) is 0 Å². The van der Waals surface area contributed by atoms with Crippen LogP contribution in [0.15, 0.2) is 12.7 Å². The molecule has 0 aromatic rings. The minimum absolute atomic E-state index is 0. The van der Waals surface area contributed by atoms with Crippen LogP contribution in [0.3, 0.4) is 0 Å². The molecule has 0 spiro atoms. The van der Waals surface area contributed by atoms with Gasteiger partial charge in [-0.15, -0.1) is 0 Å². The van der Waals surface area contributed by atoms with Crippen LogP contribution in [0.2, 0.25) is 0 Å². The van der Waals surface area contributed by atoms with Crippen LogP contribution in [0, 0.1) is 0 Å². The first-order chi connectivity index (χ1) is 4.68. The fourth-order valence-corrected chi connectivity index (χ4v) is 0. The maximum Gasteiger partial charge on any atom is 1.00 e. The summed E-state index contributed by atoms with van der Waals surface area (Å²) in [5.41, 5.74) is 0. The van der Waals surface area contributed by atoms with Crippen LogP contribution in [0.5, 0.6) is 0 Å². The molecule has 0 unspecified atom stereocenters. The molecule has 7 heteroatoms. The minimum Gasteiger partial charge on any atom is -0.545 e. The molecule has 0 atom stereocenters. The van der Waals surface area contributed by atoms with Gasteiger partial charge in [-0.3, -0.25) is 0 Å². The van der Waals surface area contributed by atoms with E-state index in [0.29, 0.717) is 0 Å². The molecule has 0 amide bonds. The Bertz CT molecular complexity index is 88.6. The molecule has 0 radical (unpaired) electrons. The quantitative estimate of drug-likeness (QED) is 0.252. The van der Waals surface area contributed by atoms with Gasteiger partial charge in [-0.05, 0) is 6.08 Å². The third-order valence-electron chi connectivity index (χ3n) is 0.167. The number of rotatable bonds is 1. The maximum atomic E-state index is 9.14. The maximum absolute atomic E-state index is 9.14. The van der Waals surface area contributed by atoms with E-state index in [9.17, 15) is 0 Å². The van der Waals surface area contributed by atoms with Gasteiger partial charge in [0.1, 0.15) is 6.79 Å². The van der Waals surface area contributed by atoms with Gasteiger partial charge >= 0.3 is 29.6 Å². The van der Waals surface area contributed by atoms with Crippen LogP contribution in [-0.4, -0.2) is 21.9 Å². The fraction of sp³-hybridized carbons (Fsp3) is 0. The topological polar surface area (TPSA) is 97.7 Å². The summed E-state index contributed by atoms with van der Waals surface area (Å²) < 4.78 is 14.1. The monoisotopic (exact) mass is 190 g/mol. The largest absolute Gasteiger partial charge is 1.00 e. The van der Waals surface area contributed by atoms with E-state index in [1.165, 1.54) is 0 Å². The van der Waals surface area contributed by atoms with Gasteiger partial charge in [-0.25, -0.2) is 0 Å². The zero-order valence-corrected chi connectivity index (χ0v) is 8.84. The van der Waals surface area contributed by atoms with Crippen LogP contribution in [0.4, 0.5) is 0 Å². The molecule has 0 aliphatic carbocycles. The molecule has 0 rings (SSSR count). The Kier molecular flexibility index (Phi) is 65.4. The van der Waals surface area contributed by atoms with Crippen LogP contribution < -0.4 is 34.7 Å². The Balaban J connectivity index is -0.0000000360. The minimum atomic E-state index is -1.23. The van der Waals surface area contributed by atoms with E-state index in [4.69, 9.17) is 23.8 Å². The summed E-state index contributed by atoms with van der Waals surface area (Å²) in [6, 6.07) is 0. The summed E-state index contributed by atoms with van der Waals surface area (Å²) in [6.45, 7) is 4.90. The molecule has 2 N–H and O–H groups in total.